The highest BCUT2D eigenvalue weighted by Crippen LogP contribution is 2.20. The number of benzene rings is 1. The molecule has 0 atom stereocenters. The van der Waals surface area contributed by atoms with Crippen LogP contribution in [0.1, 0.15) is 10.4 Å². The number of hydrogen-bond acceptors (Lipinski definition) is 6. The van der Waals surface area contributed by atoms with Crippen molar-refractivity contribution in [3.05, 3.63) is 54.7 Å². The summed E-state index contributed by atoms with van der Waals surface area (Å²) < 4.78 is 6.69. The summed E-state index contributed by atoms with van der Waals surface area (Å²) in [5, 5.41) is 7.08. The highest BCUT2D eigenvalue weighted by Gasteiger charge is 2.12. The third kappa shape index (κ3) is 3.57. The largest absolute Gasteiger partial charge is 0.497 e. The molecular weight excluding hydrogens is 320 g/mol. The van der Waals surface area contributed by atoms with Gasteiger partial charge in [0.2, 0.25) is 0 Å². The van der Waals surface area contributed by atoms with Crippen LogP contribution in [-0.4, -0.2) is 46.9 Å². The number of carbonyl (C=O) groups excluding carboxylic acids is 1. The molecule has 2 heterocycles. The van der Waals surface area contributed by atoms with Crippen LogP contribution in [0.3, 0.4) is 0 Å². The van der Waals surface area contributed by atoms with Gasteiger partial charge < -0.3 is 15.0 Å². The van der Waals surface area contributed by atoms with E-state index in [-0.39, 0.29) is 5.91 Å². The summed E-state index contributed by atoms with van der Waals surface area (Å²) in [6.45, 7) is 0. The third-order valence-electron chi connectivity index (χ3n) is 3.56. The Hall–Kier alpha value is -3.42. The first kappa shape index (κ1) is 16.4. The second-order valence-corrected chi connectivity index (χ2v) is 5.48. The van der Waals surface area contributed by atoms with Crippen molar-refractivity contribution in [1.82, 2.24) is 19.7 Å². The second kappa shape index (κ2) is 7.00. The van der Waals surface area contributed by atoms with E-state index in [1.54, 1.807) is 54.6 Å². The van der Waals surface area contributed by atoms with Crippen molar-refractivity contribution in [1.29, 1.82) is 0 Å². The maximum Gasteiger partial charge on any atom is 0.255 e. The monoisotopic (exact) mass is 338 g/mol. The number of amides is 1. The van der Waals surface area contributed by atoms with Gasteiger partial charge in [0.05, 0.1) is 31.4 Å². The second-order valence-electron chi connectivity index (χ2n) is 5.48. The molecule has 3 aromatic rings. The lowest BCUT2D eigenvalue weighted by Gasteiger charge is -2.14. The number of rotatable bonds is 5. The fourth-order valence-corrected chi connectivity index (χ4v) is 2.26. The topological polar surface area (TPSA) is 85.2 Å². The van der Waals surface area contributed by atoms with Gasteiger partial charge in [0.15, 0.2) is 5.82 Å². The SMILES string of the molecule is COc1ccc(C(=O)Nc2cnn(-c3ncncc3N(C)C)c2)cc1. The maximum atomic E-state index is 12.3. The van der Waals surface area contributed by atoms with Crippen LogP contribution in [0.25, 0.3) is 5.82 Å². The predicted octanol–water partition coefficient (Wildman–Crippen LogP) is 1.99. The summed E-state index contributed by atoms with van der Waals surface area (Å²) in [6.07, 6.45) is 6.44. The van der Waals surface area contributed by atoms with Crippen LogP contribution in [0, 0.1) is 0 Å². The summed E-state index contributed by atoms with van der Waals surface area (Å²) in [7, 11) is 5.38. The van der Waals surface area contributed by atoms with Gasteiger partial charge in [-0.2, -0.15) is 5.10 Å². The molecule has 0 unspecified atom stereocenters. The van der Waals surface area contributed by atoms with Gasteiger partial charge in [0.1, 0.15) is 17.8 Å². The summed E-state index contributed by atoms with van der Waals surface area (Å²) in [4.78, 5) is 22.5. The highest BCUT2D eigenvalue weighted by molar-refractivity contribution is 6.04. The first-order valence-corrected chi connectivity index (χ1v) is 7.56. The van der Waals surface area contributed by atoms with Crippen LogP contribution in [0.5, 0.6) is 5.75 Å². The fraction of sp³-hybridized carbons (Fsp3) is 0.176. The predicted molar refractivity (Wildman–Crippen MR) is 94.4 cm³/mol. The summed E-state index contributed by atoms with van der Waals surface area (Å²) in [6, 6.07) is 6.88. The van der Waals surface area contributed by atoms with Crippen LogP contribution < -0.4 is 15.0 Å². The number of carbonyl (C=O) groups is 1. The van der Waals surface area contributed by atoms with E-state index in [0.717, 1.165) is 5.69 Å². The Kier molecular flexibility index (Phi) is 4.60. The number of methoxy groups -OCH3 is 1. The van der Waals surface area contributed by atoms with Crippen molar-refractivity contribution in [3.63, 3.8) is 0 Å². The zero-order valence-corrected chi connectivity index (χ0v) is 14.2. The molecule has 128 valence electrons. The van der Waals surface area contributed by atoms with Crippen molar-refractivity contribution >= 4 is 17.3 Å². The number of aromatic nitrogens is 4. The average Bonchev–Trinajstić information content (AvgIpc) is 3.10. The quantitative estimate of drug-likeness (QED) is 0.766. The molecule has 8 heteroatoms. The minimum atomic E-state index is -0.224. The third-order valence-corrected chi connectivity index (χ3v) is 3.56. The normalized spacial score (nSPS) is 10.4. The zero-order chi connectivity index (χ0) is 17.8. The molecule has 3 rings (SSSR count). The summed E-state index contributed by atoms with van der Waals surface area (Å²) >= 11 is 0. The number of anilines is 2. The fourth-order valence-electron chi connectivity index (χ4n) is 2.26. The van der Waals surface area contributed by atoms with Crippen molar-refractivity contribution in [2.75, 3.05) is 31.4 Å². The van der Waals surface area contributed by atoms with Crippen molar-refractivity contribution in [3.8, 4) is 11.6 Å². The highest BCUT2D eigenvalue weighted by atomic mass is 16.5. The van der Waals surface area contributed by atoms with Gasteiger partial charge in [-0.15, -0.1) is 0 Å². The van der Waals surface area contributed by atoms with Gasteiger partial charge in [-0.25, -0.2) is 14.6 Å². The Balaban J connectivity index is 1.79. The van der Waals surface area contributed by atoms with E-state index >= 15 is 0 Å². The Morgan fingerprint density at radius 1 is 1.20 bits per heavy atom. The minimum absolute atomic E-state index is 0.224. The van der Waals surface area contributed by atoms with Gasteiger partial charge >= 0.3 is 0 Å². The van der Waals surface area contributed by atoms with E-state index in [1.165, 1.54) is 6.33 Å². The van der Waals surface area contributed by atoms with Gasteiger partial charge in [-0.3, -0.25) is 4.79 Å². The molecule has 0 radical (unpaired) electrons. The van der Waals surface area contributed by atoms with Gasteiger partial charge in [-0.1, -0.05) is 0 Å². The van der Waals surface area contributed by atoms with Crippen molar-refractivity contribution in [2.45, 2.75) is 0 Å². The van der Waals surface area contributed by atoms with Gasteiger partial charge in [0, 0.05) is 19.7 Å². The molecule has 0 saturated heterocycles. The first-order valence-electron chi connectivity index (χ1n) is 7.56. The maximum absolute atomic E-state index is 12.3. The van der Waals surface area contributed by atoms with Crippen molar-refractivity contribution in [2.24, 2.45) is 0 Å². The molecule has 0 aliphatic carbocycles. The molecule has 0 fully saturated rings. The lowest BCUT2D eigenvalue weighted by Crippen LogP contribution is -2.14. The molecule has 0 aliphatic heterocycles. The molecule has 0 saturated carbocycles. The summed E-state index contributed by atoms with van der Waals surface area (Å²) in [5.41, 5.74) is 1.92. The lowest BCUT2D eigenvalue weighted by molar-refractivity contribution is 0.102. The smallest absolute Gasteiger partial charge is 0.255 e. The van der Waals surface area contributed by atoms with E-state index in [2.05, 4.69) is 20.4 Å². The molecule has 1 amide bonds. The van der Waals surface area contributed by atoms with Crippen LogP contribution >= 0.6 is 0 Å². The van der Waals surface area contributed by atoms with Crippen LogP contribution in [0.15, 0.2) is 49.2 Å². The Morgan fingerprint density at radius 3 is 2.64 bits per heavy atom. The van der Waals surface area contributed by atoms with E-state index in [1.807, 2.05) is 19.0 Å². The molecule has 0 aliphatic rings. The lowest BCUT2D eigenvalue weighted by atomic mass is 10.2. The Bertz CT molecular complexity index is 873. The molecule has 0 bridgehead atoms. The molecule has 1 N–H and O–H groups in total. The number of hydrogen-bond donors (Lipinski definition) is 1. The Morgan fingerprint density at radius 2 is 1.96 bits per heavy atom. The molecule has 2 aromatic heterocycles. The molecule has 25 heavy (non-hydrogen) atoms. The summed E-state index contributed by atoms with van der Waals surface area (Å²) in [5.74, 6) is 1.10. The van der Waals surface area contributed by atoms with Crippen LogP contribution in [-0.2, 0) is 0 Å². The van der Waals surface area contributed by atoms with Crippen LogP contribution in [0.2, 0.25) is 0 Å². The minimum Gasteiger partial charge on any atom is -0.497 e. The van der Waals surface area contributed by atoms with E-state index in [0.29, 0.717) is 22.8 Å². The van der Waals surface area contributed by atoms with E-state index < -0.39 is 0 Å². The van der Waals surface area contributed by atoms with Gasteiger partial charge in [-0.05, 0) is 24.3 Å². The van der Waals surface area contributed by atoms with Gasteiger partial charge in [0.25, 0.3) is 5.91 Å². The molecule has 0 spiro atoms. The van der Waals surface area contributed by atoms with E-state index in [9.17, 15) is 4.79 Å². The van der Waals surface area contributed by atoms with E-state index in [4.69, 9.17) is 4.74 Å². The molecule has 8 nitrogen and oxygen atoms in total. The number of nitrogens with one attached hydrogen (secondary N) is 1. The zero-order valence-electron chi connectivity index (χ0n) is 14.2. The average molecular weight is 338 g/mol. The molecule has 1 aromatic carbocycles. The number of nitrogens with zero attached hydrogens (tertiary/aromatic N) is 5. The number of ether oxygens (including phenoxy) is 1. The van der Waals surface area contributed by atoms with Crippen LogP contribution in [0.4, 0.5) is 11.4 Å². The first-order chi connectivity index (χ1) is 12.1. The Labute approximate surface area is 145 Å². The standard InChI is InChI=1S/C17H18N6O2/c1-22(2)15-9-18-11-19-16(15)23-10-13(8-20-23)21-17(24)12-4-6-14(25-3)7-5-12/h4-11H,1-3H3,(H,21,24). The van der Waals surface area contributed by atoms with Crippen molar-refractivity contribution < 1.29 is 9.53 Å². The molecular formula is C17H18N6O2.